The lowest BCUT2D eigenvalue weighted by atomic mass is 10.1. The van der Waals surface area contributed by atoms with E-state index in [0.29, 0.717) is 6.10 Å². The standard InChI is InChI=1S/C15H22N2O/c1-17(2)14-8-6-13(7-9-14)11-16-12-15-5-3-4-10-18-15/h4,6-10,15-16H,3,5,11-12H2,1-2H3. The van der Waals surface area contributed by atoms with Crippen molar-refractivity contribution in [2.75, 3.05) is 25.5 Å². The Morgan fingerprint density at radius 1 is 1.28 bits per heavy atom. The van der Waals surface area contributed by atoms with E-state index in [1.807, 2.05) is 6.26 Å². The fraction of sp³-hybridized carbons (Fsp3) is 0.467. The first kappa shape index (κ1) is 13.0. The van der Waals surface area contributed by atoms with Gasteiger partial charge in [0.15, 0.2) is 0 Å². The van der Waals surface area contributed by atoms with Crippen LogP contribution in [0.2, 0.25) is 0 Å². The van der Waals surface area contributed by atoms with Crippen LogP contribution in [0.1, 0.15) is 18.4 Å². The minimum Gasteiger partial charge on any atom is -0.497 e. The van der Waals surface area contributed by atoms with E-state index >= 15 is 0 Å². The Balaban J connectivity index is 1.74. The molecule has 3 nitrogen and oxygen atoms in total. The van der Waals surface area contributed by atoms with Crippen molar-refractivity contribution in [1.82, 2.24) is 5.32 Å². The Labute approximate surface area is 109 Å². The first-order chi connectivity index (χ1) is 8.75. The van der Waals surface area contributed by atoms with Gasteiger partial charge in [-0.1, -0.05) is 12.1 Å². The molecule has 1 aliphatic heterocycles. The molecule has 2 rings (SSSR count). The Morgan fingerprint density at radius 3 is 2.67 bits per heavy atom. The van der Waals surface area contributed by atoms with Crippen molar-refractivity contribution in [2.45, 2.75) is 25.5 Å². The first-order valence-corrected chi connectivity index (χ1v) is 6.53. The van der Waals surface area contributed by atoms with E-state index in [-0.39, 0.29) is 0 Å². The van der Waals surface area contributed by atoms with Crippen molar-refractivity contribution >= 4 is 5.69 Å². The molecular weight excluding hydrogens is 224 g/mol. The van der Waals surface area contributed by atoms with Crippen molar-refractivity contribution < 1.29 is 4.74 Å². The van der Waals surface area contributed by atoms with Gasteiger partial charge >= 0.3 is 0 Å². The summed E-state index contributed by atoms with van der Waals surface area (Å²) in [4.78, 5) is 2.11. The summed E-state index contributed by atoms with van der Waals surface area (Å²) in [6, 6.07) is 8.64. The molecule has 0 saturated heterocycles. The maximum Gasteiger partial charge on any atom is 0.110 e. The molecule has 98 valence electrons. The quantitative estimate of drug-likeness (QED) is 0.864. The van der Waals surface area contributed by atoms with Gasteiger partial charge in [-0.15, -0.1) is 0 Å². The fourth-order valence-electron chi connectivity index (χ4n) is 2.02. The van der Waals surface area contributed by atoms with Gasteiger partial charge < -0.3 is 15.0 Å². The molecule has 0 saturated carbocycles. The predicted molar refractivity (Wildman–Crippen MR) is 75.7 cm³/mol. The third-order valence-electron chi connectivity index (χ3n) is 3.18. The highest BCUT2D eigenvalue weighted by Gasteiger charge is 2.09. The normalized spacial score (nSPS) is 18.4. The van der Waals surface area contributed by atoms with Crippen LogP contribution < -0.4 is 10.2 Å². The summed E-state index contributed by atoms with van der Waals surface area (Å²) in [7, 11) is 4.11. The smallest absolute Gasteiger partial charge is 0.110 e. The molecule has 0 aromatic heterocycles. The van der Waals surface area contributed by atoms with Gasteiger partial charge in [0.05, 0.1) is 6.26 Å². The van der Waals surface area contributed by atoms with Gasteiger partial charge in [-0.25, -0.2) is 0 Å². The molecule has 1 aromatic rings. The number of hydrogen-bond donors (Lipinski definition) is 1. The number of ether oxygens (including phenoxy) is 1. The summed E-state index contributed by atoms with van der Waals surface area (Å²) in [6.45, 7) is 1.82. The summed E-state index contributed by atoms with van der Waals surface area (Å²) in [5.41, 5.74) is 2.55. The molecule has 0 aliphatic carbocycles. The molecule has 0 radical (unpaired) electrons. The highest BCUT2D eigenvalue weighted by molar-refractivity contribution is 5.45. The highest BCUT2D eigenvalue weighted by Crippen LogP contribution is 2.12. The number of allylic oxidation sites excluding steroid dienone is 1. The zero-order valence-corrected chi connectivity index (χ0v) is 11.2. The van der Waals surface area contributed by atoms with E-state index in [0.717, 1.165) is 25.9 Å². The van der Waals surface area contributed by atoms with Crippen LogP contribution >= 0.6 is 0 Å². The average molecular weight is 246 g/mol. The van der Waals surface area contributed by atoms with Crippen LogP contribution in [0.4, 0.5) is 5.69 Å². The third-order valence-corrected chi connectivity index (χ3v) is 3.18. The molecule has 1 atom stereocenters. The summed E-state index contributed by atoms with van der Waals surface area (Å²) >= 11 is 0. The number of nitrogens with zero attached hydrogens (tertiary/aromatic N) is 1. The SMILES string of the molecule is CN(C)c1ccc(CNCC2CCC=CO2)cc1. The van der Waals surface area contributed by atoms with Gasteiger partial charge in [-0.2, -0.15) is 0 Å². The predicted octanol–water partition coefficient (Wildman–Crippen LogP) is 2.53. The van der Waals surface area contributed by atoms with Gasteiger partial charge in [0.1, 0.15) is 6.10 Å². The van der Waals surface area contributed by atoms with E-state index in [2.05, 4.69) is 54.7 Å². The lowest BCUT2D eigenvalue weighted by Gasteiger charge is -2.19. The molecule has 1 heterocycles. The van der Waals surface area contributed by atoms with Gasteiger partial charge in [0.2, 0.25) is 0 Å². The molecule has 0 bridgehead atoms. The van der Waals surface area contributed by atoms with Crippen LogP contribution in [0.3, 0.4) is 0 Å². The van der Waals surface area contributed by atoms with Crippen molar-refractivity contribution in [1.29, 1.82) is 0 Å². The fourth-order valence-corrected chi connectivity index (χ4v) is 2.02. The minimum absolute atomic E-state index is 0.330. The van der Waals surface area contributed by atoms with Crippen LogP contribution in [0.5, 0.6) is 0 Å². The second kappa shape index (κ2) is 6.45. The number of anilines is 1. The maximum absolute atomic E-state index is 5.52. The number of hydrogen-bond acceptors (Lipinski definition) is 3. The second-order valence-corrected chi connectivity index (χ2v) is 4.90. The Morgan fingerprint density at radius 2 is 2.06 bits per heavy atom. The molecule has 1 N–H and O–H groups in total. The van der Waals surface area contributed by atoms with Crippen molar-refractivity contribution in [3.63, 3.8) is 0 Å². The molecular formula is C15H22N2O. The van der Waals surface area contributed by atoms with Gasteiger partial charge in [0.25, 0.3) is 0 Å². The van der Waals surface area contributed by atoms with Crippen molar-refractivity contribution in [3.05, 3.63) is 42.2 Å². The van der Waals surface area contributed by atoms with Crippen LogP contribution in [-0.4, -0.2) is 26.7 Å². The second-order valence-electron chi connectivity index (χ2n) is 4.90. The van der Waals surface area contributed by atoms with Crippen LogP contribution in [0, 0.1) is 0 Å². The summed E-state index contributed by atoms with van der Waals surface area (Å²) < 4.78 is 5.52. The highest BCUT2D eigenvalue weighted by atomic mass is 16.5. The lowest BCUT2D eigenvalue weighted by molar-refractivity contribution is 0.122. The van der Waals surface area contributed by atoms with E-state index in [1.54, 1.807) is 0 Å². The topological polar surface area (TPSA) is 24.5 Å². The zero-order valence-electron chi connectivity index (χ0n) is 11.2. The van der Waals surface area contributed by atoms with Crippen LogP contribution in [0.15, 0.2) is 36.6 Å². The molecule has 0 amide bonds. The maximum atomic E-state index is 5.52. The Kier molecular flexibility index (Phi) is 4.65. The molecule has 1 unspecified atom stereocenters. The Hall–Kier alpha value is -1.48. The molecule has 0 spiro atoms. The largest absolute Gasteiger partial charge is 0.497 e. The number of rotatable bonds is 5. The van der Waals surface area contributed by atoms with E-state index in [9.17, 15) is 0 Å². The number of nitrogens with one attached hydrogen (secondary N) is 1. The minimum atomic E-state index is 0.330. The summed E-state index contributed by atoms with van der Waals surface area (Å²) in [6.07, 6.45) is 6.47. The molecule has 18 heavy (non-hydrogen) atoms. The van der Waals surface area contributed by atoms with E-state index < -0.39 is 0 Å². The van der Waals surface area contributed by atoms with Gasteiger partial charge in [-0.05, 0) is 36.6 Å². The van der Waals surface area contributed by atoms with Crippen molar-refractivity contribution in [2.24, 2.45) is 0 Å². The van der Waals surface area contributed by atoms with Gasteiger partial charge in [-0.3, -0.25) is 0 Å². The third kappa shape index (κ3) is 3.77. The average Bonchev–Trinajstić information content (AvgIpc) is 2.40. The van der Waals surface area contributed by atoms with Crippen LogP contribution in [-0.2, 0) is 11.3 Å². The molecule has 3 heteroatoms. The van der Waals surface area contributed by atoms with E-state index in [4.69, 9.17) is 4.74 Å². The Bertz CT molecular complexity index is 384. The lowest BCUT2D eigenvalue weighted by Crippen LogP contribution is -2.28. The number of benzene rings is 1. The molecule has 1 aliphatic rings. The van der Waals surface area contributed by atoms with E-state index in [1.165, 1.54) is 11.3 Å². The van der Waals surface area contributed by atoms with Crippen LogP contribution in [0.25, 0.3) is 0 Å². The molecule has 1 aromatic carbocycles. The summed E-state index contributed by atoms with van der Waals surface area (Å²) in [5.74, 6) is 0. The van der Waals surface area contributed by atoms with Gasteiger partial charge in [0, 0.05) is 32.9 Å². The zero-order chi connectivity index (χ0) is 12.8. The van der Waals surface area contributed by atoms with Crippen molar-refractivity contribution in [3.8, 4) is 0 Å². The molecule has 0 fully saturated rings. The summed E-state index contributed by atoms with van der Waals surface area (Å²) in [5, 5.41) is 3.45. The first-order valence-electron chi connectivity index (χ1n) is 6.53. The monoisotopic (exact) mass is 246 g/mol.